The minimum absolute atomic E-state index is 0.0844. The normalized spacial score (nSPS) is 11.5. The Labute approximate surface area is 171 Å². The molecule has 8 heteroatoms. The predicted octanol–water partition coefficient (Wildman–Crippen LogP) is 4.23. The van der Waals surface area contributed by atoms with Gasteiger partial charge in [-0.1, -0.05) is 42.5 Å². The van der Waals surface area contributed by atoms with E-state index in [9.17, 15) is 15.2 Å². The Morgan fingerprint density at radius 3 is 2.47 bits per heavy atom. The first-order valence-corrected chi connectivity index (χ1v) is 9.02. The first-order chi connectivity index (χ1) is 14.4. The van der Waals surface area contributed by atoms with Gasteiger partial charge in [0.25, 0.3) is 5.69 Å². The van der Waals surface area contributed by atoms with Crippen molar-refractivity contribution >= 4 is 33.8 Å². The summed E-state index contributed by atoms with van der Waals surface area (Å²) in [4.78, 5) is 18.4. The number of amidine groups is 1. The second kappa shape index (κ2) is 7.51. The fourth-order valence-corrected chi connectivity index (χ4v) is 3.25. The van der Waals surface area contributed by atoms with Crippen LogP contribution in [0, 0.1) is 15.5 Å². The molecule has 3 aromatic carbocycles. The van der Waals surface area contributed by atoms with Crippen molar-refractivity contribution in [1.82, 2.24) is 4.98 Å². The number of nitrogens with one attached hydrogen (secondary N) is 2. The van der Waals surface area contributed by atoms with Gasteiger partial charge in [0.2, 0.25) is 0 Å². The molecule has 0 bridgehead atoms. The number of nitrogen functional groups attached to an aromatic ring is 1. The third-order valence-corrected chi connectivity index (χ3v) is 4.66. The highest BCUT2D eigenvalue weighted by molar-refractivity contribution is 6.22. The van der Waals surface area contributed by atoms with Gasteiger partial charge in [-0.15, -0.1) is 0 Å². The van der Waals surface area contributed by atoms with E-state index in [1.54, 1.807) is 30.3 Å². The lowest BCUT2D eigenvalue weighted by atomic mass is 10.0. The maximum Gasteiger partial charge on any atom is 0.270 e. The van der Waals surface area contributed by atoms with Gasteiger partial charge in [-0.25, -0.2) is 4.99 Å². The smallest absolute Gasteiger partial charge is 0.270 e. The highest BCUT2D eigenvalue weighted by Gasteiger charge is 2.20. The molecule has 0 saturated heterocycles. The van der Waals surface area contributed by atoms with Gasteiger partial charge in [-0.05, 0) is 18.2 Å². The van der Waals surface area contributed by atoms with E-state index in [1.807, 2.05) is 30.3 Å². The number of nitrogens with zero attached hydrogens (tertiary/aromatic N) is 2. The predicted molar refractivity (Wildman–Crippen MR) is 116 cm³/mol. The van der Waals surface area contributed by atoms with Crippen LogP contribution >= 0.6 is 0 Å². The number of aromatic amines is 1. The van der Waals surface area contributed by atoms with E-state index < -0.39 is 4.92 Å². The van der Waals surface area contributed by atoms with Crippen molar-refractivity contribution < 1.29 is 10.0 Å². The third kappa shape index (κ3) is 3.49. The molecule has 0 aliphatic heterocycles. The van der Waals surface area contributed by atoms with Crippen molar-refractivity contribution in [2.75, 3.05) is 0 Å². The lowest BCUT2D eigenvalue weighted by Gasteiger charge is -2.08. The lowest BCUT2D eigenvalue weighted by Crippen LogP contribution is -2.10. The van der Waals surface area contributed by atoms with Crippen LogP contribution in [0.1, 0.15) is 16.7 Å². The lowest BCUT2D eigenvalue weighted by molar-refractivity contribution is -0.384. The molecule has 1 aromatic heterocycles. The van der Waals surface area contributed by atoms with Crippen LogP contribution in [0.2, 0.25) is 0 Å². The van der Waals surface area contributed by atoms with Crippen LogP contribution in [-0.2, 0) is 0 Å². The van der Waals surface area contributed by atoms with Crippen LogP contribution in [0.15, 0.2) is 77.8 Å². The van der Waals surface area contributed by atoms with Crippen molar-refractivity contribution in [2.24, 2.45) is 10.7 Å². The van der Waals surface area contributed by atoms with Crippen LogP contribution < -0.4 is 5.73 Å². The molecule has 0 radical (unpaired) electrons. The number of aromatic nitrogens is 1. The van der Waals surface area contributed by atoms with Crippen molar-refractivity contribution in [3.8, 4) is 5.88 Å². The molecule has 148 valence electrons. The van der Waals surface area contributed by atoms with E-state index in [0.29, 0.717) is 39.0 Å². The number of nitro benzene ring substituents is 1. The van der Waals surface area contributed by atoms with E-state index in [4.69, 9.17) is 16.1 Å². The number of aliphatic imine (C=N–C) groups is 1. The average Bonchev–Trinajstić information content (AvgIpc) is 3.07. The zero-order valence-corrected chi connectivity index (χ0v) is 15.7. The summed E-state index contributed by atoms with van der Waals surface area (Å²) in [6.07, 6.45) is 0. The summed E-state index contributed by atoms with van der Waals surface area (Å²) in [7, 11) is 0. The SMILES string of the molecule is N=C(N)c1cccc(N=C(c2ccccc2)c2c(O)[nH]c3ccc([N+](=O)[O-])cc23)c1. The van der Waals surface area contributed by atoms with Crippen LogP contribution in [-0.4, -0.2) is 26.6 Å². The molecule has 0 saturated carbocycles. The van der Waals surface area contributed by atoms with E-state index >= 15 is 0 Å². The van der Waals surface area contributed by atoms with Gasteiger partial charge in [-0.2, -0.15) is 0 Å². The Morgan fingerprint density at radius 1 is 1.03 bits per heavy atom. The van der Waals surface area contributed by atoms with E-state index in [1.165, 1.54) is 12.1 Å². The Bertz CT molecular complexity index is 1310. The molecule has 1 heterocycles. The summed E-state index contributed by atoms with van der Waals surface area (Å²) in [5.41, 5.74) is 8.60. The number of rotatable bonds is 5. The second-order valence-corrected chi connectivity index (χ2v) is 6.63. The fraction of sp³-hybridized carbons (Fsp3) is 0. The molecule has 0 fully saturated rings. The molecule has 5 N–H and O–H groups in total. The number of nitrogens with two attached hydrogens (primary N) is 1. The number of nitro groups is 1. The molecule has 0 atom stereocenters. The Balaban J connectivity index is 1.99. The molecule has 8 nitrogen and oxygen atoms in total. The number of aromatic hydroxyl groups is 1. The number of H-pyrrole nitrogens is 1. The first-order valence-electron chi connectivity index (χ1n) is 9.02. The highest BCUT2D eigenvalue weighted by Crippen LogP contribution is 2.33. The molecule has 0 amide bonds. The Morgan fingerprint density at radius 2 is 1.77 bits per heavy atom. The fourth-order valence-electron chi connectivity index (χ4n) is 3.25. The van der Waals surface area contributed by atoms with Gasteiger partial charge < -0.3 is 15.8 Å². The molecule has 0 aliphatic rings. The zero-order valence-electron chi connectivity index (χ0n) is 15.7. The molecule has 0 aliphatic carbocycles. The second-order valence-electron chi connectivity index (χ2n) is 6.63. The maximum atomic E-state index is 11.3. The maximum absolute atomic E-state index is 11.3. The average molecular weight is 399 g/mol. The molecule has 4 rings (SSSR count). The van der Waals surface area contributed by atoms with E-state index in [-0.39, 0.29) is 17.4 Å². The topological polar surface area (TPSA) is 141 Å². The monoisotopic (exact) mass is 399 g/mol. The van der Waals surface area contributed by atoms with Crippen LogP contribution in [0.4, 0.5) is 11.4 Å². The van der Waals surface area contributed by atoms with E-state index in [2.05, 4.69) is 4.98 Å². The summed E-state index contributed by atoms with van der Waals surface area (Å²) in [6.45, 7) is 0. The van der Waals surface area contributed by atoms with Crippen LogP contribution in [0.3, 0.4) is 0 Å². The summed E-state index contributed by atoms with van der Waals surface area (Å²) >= 11 is 0. The Hall–Kier alpha value is -4.46. The zero-order chi connectivity index (χ0) is 21.3. The standard InChI is InChI=1S/C22H17N5O3/c23-21(24)14-7-4-8-15(11-14)25-20(13-5-2-1-3-6-13)19-17-12-16(27(29)30)9-10-18(17)26-22(19)28/h1-12,26,28H,(H3,23,24). The van der Waals surface area contributed by atoms with Crippen molar-refractivity contribution in [3.05, 3.63) is 99.6 Å². The van der Waals surface area contributed by atoms with Gasteiger partial charge in [0.05, 0.1) is 21.9 Å². The Kier molecular flexibility index (Phi) is 4.73. The third-order valence-electron chi connectivity index (χ3n) is 4.66. The number of fused-ring (bicyclic) bond motifs is 1. The summed E-state index contributed by atoms with van der Waals surface area (Å²) in [5.74, 6) is -0.227. The minimum Gasteiger partial charge on any atom is -0.494 e. The quantitative estimate of drug-likeness (QED) is 0.172. The van der Waals surface area contributed by atoms with Crippen LogP contribution in [0.5, 0.6) is 5.88 Å². The molecule has 0 unspecified atom stereocenters. The molecule has 0 spiro atoms. The van der Waals surface area contributed by atoms with Gasteiger partial charge in [-0.3, -0.25) is 15.5 Å². The summed E-state index contributed by atoms with van der Waals surface area (Å²) in [5, 5.41) is 30.0. The number of hydrogen-bond donors (Lipinski definition) is 4. The minimum atomic E-state index is -0.483. The molecule has 30 heavy (non-hydrogen) atoms. The number of non-ortho nitro benzene ring substituents is 1. The summed E-state index contributed by atoms with van der Waals surface area (Å²) < 4.78 is 0. The largest absolute Gasteiger partial charge is 0.494 e. The van der Waals surface area contributed by atoms with Gasteiger partial charge in [0.1, 0.15) is 5.84 Å². The van der Waals surface area contributed by atoms with Gasteiger partial charge >= 0.3 is 0 Å². The molecular weight excluding hydrogens is 382 g/mol. The molecular formula is C22H17N5O3. The van der Waals surface area contributed by atoms with Gasteiger partial charge in [0.15, 0.2) is 5.88 Å². The number of hydrogen-bond acceptors (Lipinski definition) is 5. The van der Waals surface area contributed by atoms with Crippen molar-refractivity contribution in [2.45, 2.75) is 0 Å². The highest BCUT2D eigenvalue weighted by atomic mass is 16.6. The summed E-state index contributed by atoms with van der Waals surface area (Å²) in [6, 6.07) is 20.4. The molecule has 4 aromatic rings. The van der Waals surface area contributed by atoms with Gasteiger partial charge in [0, 0.05) is 34.2 Å². The van der Waals surface area contributed by atoms with Crippen molar-refractivity contribution in [1.29, 1.82) is 5.41 Å². The number of benzene rings is 3. The van der Waals surface area contributed by atoms with Crippen molar-refractivity contribution in [3.63, 3.8) is 0 Å². The first kappa shape index (κ1) is 18.9. The van der Waals surface area contributed by atoms with Crippen LogP contribution in [0.25, 0.3) is 10.9 Å². The van der Waals surface area contributed by atoms with E-state index in [0.717, 1.165) is 0 Å².